The Labute approximate surface area is 138 Å². The molecule has 0 N–H and O–H groups in total. The number of allylic oxidation sites excluding steroid dienone is 3. The molecule has 2 aromatic rings. The smallest absolute Gasteiger partial charge is 0.140 e. The zero-order valence-electron chi connectivity index (χ0n) is 12.7. The minimum Gasteiger partial charge on any atom is -0.314 e. The molecule has 0 radical (unpaired) electrons. The molecular formula is C20H18OP2. The van der Waals surface area contributed by atoms with E-state index < -0.39 is 7.14 Å². The zero-order chi connectivity index (χ0) is 15.4. The van der Waals surface area contributed by atoms with Crippen LogP contribution in [0.5, 0.6) is 0 Å². The highest BCUT2D eigenvalue weighted by Crippen LogP contribution is 2.75. The standard InChI is InChI=1S/C20H18OP2/c21-23(16-9-5-2-6-10-16)14-13-17-18-11-12-19(20(17)23)22(18)15-7-3-1-4-8-15/h1-14,17-20H/t17-,18+,19-,20-,22+,23?/m0/s1. The molecule has 0 amide bonds. The Balaban J connectivity index is 1.60. The van der Waals surface area contributed by atoms with Gasteiger partial charge in [0.25, 0.3) is 0 Å². The van der Waals surface area contributed by atoms with Crippen molar-refractivity contribution in [2.75, 3.05) is 0 Å². The highest BCUT2D eigenvalue weighted by molar-refractivity contribution is 7.78. The van der Waals surface area contributed by atoms with Crippen molar-refractivity contribution in [3.63, 3.8) is 0 Å². The Hall–Kier alpha value is -1.42. The normalized spacial score (nSPS) is 39.7. The van der Waals surface area contributed by atoms with Crippen molar-refractivity contribution in [2.45, 2.75) is 17.0 Å². The van der Waals surface area contributed by atoms with Gasteiger partial charge in [0.15, 0.2) is 0 Å². The van der Waals surface area contributed by atoms with Crippen LogP contribution in [0.4, 0.5) is 0 Å². The van der Waals surface area contributed by atoms with E-state index >= 15 is 0 Å². The lowest BCUT2D eigenvalue weighted by Gasteiger charge is -2.27. The van der Waals surface area contributed by atoms with Crippen molar-refractivity contribution in [3.05, 3.63) is 84.7 Å². The van der Waals surface area contributed by atoms with Crippen molar-refractivity contribution in [2.24, 2.45) is 5.92 Å². The summed E-state index contributed by atoms with van der Waals surface area (Å²) in [5.74, 6) is 2.52. The molecule has 1 fully saturated rings. The van der Waals surface area contributed by atoms with E-state index in [0.717, 1.165) is 5.30 Å². The molecule has 114 valence electrons. The van der Waals surface area contributed by atoms with Gasteiger partial charge < -0.3 is 4.57 Å². The van der Waals surface area contributed by atoms with Crippen LogP contribution in [0.1, 0.15) is 0 Å². The number of hydrogen-bond donors (Lipinski definition) is 0. The Morgan fingerprint density at radius 3 is 2.17 bits per heavy atom. The van der Waals surface area contributed by atoms with E-state index in [-0.39, 0.29) is 13.6 Å². The third kappa shape index (κ3) is 1.87. The summed E-state index contributed by atoms with van der Waals surface area (Å²) >= 11 is 0. The Morgan fingerprint density at radius 1 is 0.783 bits per heavy atom. The fraction of sp³-hybridized carbons (Fsp3) is 0.200. The second-order valence-corrected chi connectivity index (χ2v) is 11.9. The quantitative estimate of drug-likeness (QED) is 0.590. The van der Waals surface area contributed by atoms with Gasteiger partial charge in [-0.1, -0.05) is 86.8 Å². The lowest BCUT2D eigenvalue weighted by atomic mass is 9.94. The number of fused-ring (bicyclic) bond motifs is 5. The minimum atomic E-state index is -2.44. The molecular weight excluding hydrogens is 318 g/mol. The first-order valence-corrected chi connectivity index (χ1v) is 11.5. The topological polar surface area (TPSA) is 17.1 Å². The van der Waals surface area contributed by atoms with E-state index in [1.54, 1.807) is 0 Å². The molecule has 3 heterocycles. The van der Waals surface area contributed by atoms with Crippen LogP contribution in [0.2, 0.25) is 0 Å². The SMILES string of the molecule is O=P1(c2ccccc2)C=C[C@@H]2[C@H]1[C@@H]1C=C[C@H]2[P@@]1c1ccccc1. The van der Waals surface area contributed by atoms with Gasteiger partial charge in [0.2, 0.25) is 0 Å². The van der Waals surface area contributed by atoms with Crippen LogP contribution in [-0.2, 0) is 4.57 Å². The predicted molar refractivity (Wildman–Crippen MR) is 99.8 cm³/mol. The van der Waals surface area contributed by atoms with Crippen LogP contribution >= 0.6 is 15.1 Å². The largest absolute Gasteiger partial charge is 0.314 e. The molecule has 0 aromatic heterocycles. The lowest BCUT2D eigenvalue weighted by Crippen LogP contribution is -2.27. The second kappa shape index (κ2) is 5.04. The van der Waals surface area contributed by atoms with Gasteiger partial charge in [-0.2, -0.15) is 0 Å². The maximum atomic E-state index is 13.9. The van der Waals surface area contributed by atoms with Crippen LogP contribution in [0.25, 0.3) is 0 Å². The summed E-state index contributed by atoms with van der Waals surface area (Å²) in [6, 6.07) is 21.0. The van der Waals surface area contributed by atoms with Crippen LogP contribution in [0.3, 0.4) is 0 Å². The molecule has 1 saturated heterocycles. The van der Waals surface area contributed by atoms with Gasteiger partial charge in [0.05, 0.1) is 0 Å². The fourth-order valence-electron chi connectivity index (χ4n) is 4.53. The van der Waals surface area contributed by atoms with Crippen LogP contribution in [-0.4, -0.2) is 17.0 Å². The third-order valence-electron chi connectivity index (χ3n) is 5.47. The van der Waals surface area contributed by atoms with E-state index in [9.17, 15) is 4.57 Å². The predicted octanol–water partition coefficient (Wildman–Crippen LogP) is 4.32. The van der Waals surface area contributed by atoms with Crippen molar-refractivity contribution < 1.29 is 4.57 Å². The molecule has 1 unspecified atom stereocenters. The second-order valence-electron chi connectivity index (χ2n) is 6.56. The van der Waals surface area contributed by atoms with Crippen LogP contribution in [0.15, 0.2) is 84.7 Å². The zero-order valence-corrected chi connectivity index (χ0v) is 14.5. The first-order valence-electron chi connectivity index (χ1n) is 8.15. The monoisotopic (exact) mass is 336 g/mol. The van der Waals surface area contributed by atoms with E-state index in [4.69, 9.17) is 0 Å². The molecule has 3 aliphatic rings. The van der Waals surface area contributed by atoms with Gasteiger partial charge in [-0.3, -0.25) is 0 Å². The summed E-state index contributed by atoms with van der Waals surface area (Å²) in [6.45, 7) is 0. The summed E-state index contributed by atoms with van der Waals surface area (Å²) in [6.07, 6.45) is 7.04. The molecule has 2 bridgehead atoms. The minimum absolute atomic E-state index is 0.268. The first kappa shape index (κ1) is 14.0. The maximum Gasteiger partial charge on any atom is 0.140 e. The Morgan fingerprint density at radius 2 is 1.43 bits per heavy atom. The van der Waals surface area contributed by atoms with Crippen molar-refractivity contribution in [3.8, 4) is 0 Å². The molecule has 1 nitrogen and oxygen atoms in total. The molecule has 0 saturated carbocycles. The summed E-state index contributed by atoms with van der Waals surface area (Å²) in [7, 11) is -2.71. The summed E-state index contributed by atoms with van der Waals surface area (Å²) in [4.78, 5) is 0. The van der Waals surface area contributed by atoms with Gasteiger partial charge >= 0.3 is 0 Å². The molecule has 0 spiro atoms. The molecule has 6 atom stereocenters. The number of rotatable bonds is 2. The Kier molecular flexibility index (Phi) is 3.06. The van der Waals surface area contributed by atoms with Gasteiger partial charge in [-0.15, -0.1) is 0 Å². The summed E-state index contributed by atoms with van der Waals surface area (Å²) in [5.41, 5.74) is 1.31. The van der Waals surface area contributed by atoms with E-state index in [1.165, 1.54) is 5.30 Å². The van der Waals surface area contributed by atoms with Gasteiger partial charge in [0, 0.05) is 22.3 Å². The number of hydrogen-bond acceptors (Lipinski definition) is 1. The van der Waals surface area contributed by atoms with Crippen LogP contribution in [0, 0.1) is 5.92 Å². The summed E-state index contributed by atoms with van der Waals surface area (Å²) in [5, 5.41) is 2.50. The fourth-order valence-corrected chi connectivity index (χ4v) is 12.2. The van der Waals surface area contributed by atoms with Crippen molar-refractivity contribution in [1.29, 1.82) is 0 Å². The van der Waals surface area contributed by atoms with Crippen LogP contribution < -0.4 is 10.6 Å². The average molecular weight is 336 g/mol. The van der Waals surface area contributed by atoms with Gasteiger partial charge in [0.1, 0.15) is 7.14 Å². The lowest BCUT2D eigenvalue weighted by molar-refractivity contribution is 0.563. The van der Waals surface area contributed by atoms with Crippen molar-refractivity contribution in [1.82, 2.24) is 0 Å². The summed E-state index contributed by atoms with van der Waals surface area (Å²) < 4.78 is 13.9. The molecule has 2 aromatic carbocycles. The molecule has 3 aliphatic heterocycles. The maximum absolute atomic E-state index is 13.9. The van der Waals surface area contributed by atoms with Crippen molar-refractivity contribution >= 4 is 25.7 Å². The Bertz CT molecular complexity index is 840. The first-order chi connectivity index (χ1) is 11.3. The molecule has 3 heteroatoms. The molecule has 5 rings (SSSR count). The third-order valence-corrected chi connectivity index (χ3v) is 12.2. The molecule has 23 heavy (non-hydrogen) atoms. The average Bonchev–Trinajstić information content (AvgIpc) is 3.27. The number of benzene rings is 2. The van der Waals surface area contributed by atoms with Gasteiger partial charge in [-0.25, -0.2) is 0 Å². The van der Waals surface area contributed by atoms with E-state index in [2.05, 4.69) is 54.4 Å². The molecule has 0 aliphatic carbocycles. The van der Waals surface area contributed by atoms with E-state index in [0.29, 0.717) is 17.2 Å². The van der Waals surface area contributed by atoms with E-state index in [1.807, 2.05) is 30.3 Å². The van der Waals surface area contributed by atoms with Gasteiger partial charge in [-0.05, 0) is 17.0 Å². The highest BCUT2D eigenvalue weighted by Gasteiger charge is 2.59. The highest BCUT2D eigenvalue weighted by atomic mass is 31.2.